The van der Waals surface area contributed by atoms with Gasteiger partial charge >= 0.3 is 0 Å². The molecule has 7 nitrogen and oxygen atoms in total. The van der Waals surface area contributed by atoms with Gasteiger partial charge in [0.25, 0.3) is 5.56 Å². The summed E-state index contributed by atoms with van der Waals surface area (Å²) in [6.45, 7) is 5.95. The molecule has 23 heavy (non-hydrogen) atoms. The smallest absolute Gasteiger partial charge is 0.269 e. The molecule has 0 amide bonds. The molecule has 2 N–H and O–H groups in total. The third-order valence-electron chi connectivity index (χ3n) is 4.92. The maximum atomic E-state index is 12.2. The quantitative estimate of drug-likeness (QED) is 0.871. The Morgan fingerprint density at radius 3 is 2.87 bits per heavy atom. The number of piperidine rings is 1. The minimum Gasteiger partial charge on any atom is -0.387 e. The van der Waals surface area contributed by atoms with E-state index in [1.165, 1.54) is 6.20 Å². The highest BCUT2D eigenvalue weighted by Gasteiger charge is 2.47. The minimum absolute atomic E-state index is 0.212. The van der Waals surface area contributed by atoms with Crippen LogP contribution in [0, 0.1) is 5.41 Å². The van der Waals surface area contributed by atoms with E-state index in [0.29, 0.717) is 12.1 Å². The van der Waals surface area contributed by atoms with E-state index >= 15 is 0 Å². The molecular formula is C16H23N5O2. The molecule has 1 saturated heterocycles. The van der Waals surface area contributed by atoms with Gasteiger partial charge in [-0.2, -0.15) is 5.10 Å². The van der Waals surface area contributed by atoms with Crippen molar-refractivity contribution in [3.05, 3.63) is 35.0 Å². The van der Waals surface area contributed by atoms with E-state index in [1.807, 2.05) is 13.8 Å². The van der Waals surface area contributed by atoms with Crippen molar-refractivity contribution >= 4 is 0 Å². The second-order valence-corrected chi connectivity index (χ2v) is 7.11. The number of hydrogen-bond donors (Lipinski definition) is 2. The standard InChI is InChI=1S/C16H23N5O2/c1-15(2)10-20(3)7-5-16(15,23)11-21-9-13(17-8-14(21)22)12-4-6-18-19-12/h4,6,8-9,23H,5,7,10-11H2,1-3H3,(H,18,19). The zero-order valence-corrected chi connectivity index (χ0v) is 13.8. The Balaban J connectivity index is 1.93. The molecule has 3 heterocycles. The lowest BCUT2D eigenvalue weighted by Gasteiger charge is -2.49. The van der Waals surface area contributed by atoms with E-state index in [0.717, 1.165) is 18.8 Å². The van der Waals surface area contributed by atoms with Crippen molar-refractivity contribution in [3.8, 4) is 11.4 Å². The summed E-state index contributed by atoms with van der Waals surface area (Å²) in [5.41, 5.74) is -0.0754. The second-order valence-electron chi connectivity index (χ2n) is 7.11. The van der Waals surface area contributed by atoms with Crippen LogP contribution < -0.4 is 5.56 Å². The number of likely N-dealkylation sites (tertiary alicyclic amines) is 1. The lowest BCUT2D eigenvalue weighted by Crippen LogP contribution is -2.59. The lowest BCUT2D eigenvalue weighted by atomic mass is 9.70. The zero-order chi connectivity index (χ0) is 16.7. The fraction of sp³-hybridized carbons (Fsp3) is 0.562. The molecule has 1 fully saturated rings. The Hall–Kier alpha value is -1.99. The van der Waals surface area contributed by atoms with Crippen LogP contribution in [0.1, 0.15) is 20.3 Å². The summed E-state index contributed by atoms with van der Waals surface area (Å²) in [7, 11) is 2.05. The average Bonchev–Trinajstić information content (AvgIpc) is 3.00. The Morgan fingerprint density at radius 1 is 1.43 bits per heavy atom. The van der Waals surface area contributed by atoms with Crippen LogP contribution in [-0.2, 0) is 6.54 Å². The highest BCUT2D eigenvalue weighted by atomic mass is 16.3. The number of H-pyrrole nitrogens is 1. The third kappa shape index (κ3) is 2.94. The molecule has 7 heteroatoms. The van der Waals surface area contributed by atoms with Crippen LogP contribution in [0.25, 0.3) is 11.4 Å². The predicted octanol–water partition coefficient (Wildman–Crippen LogP) is 0.726. The second kappa shape index (κ2) is 5.58. The van der Waals surface area contributed by atoms with Gasteiger partial charge in [-0.25, -0.2) is 4.98 Å². The third-order valence-corrected chi connectivity index (χ3v) is 4.92. The molecular weight excluding hydrogens is 294 g/mol. The number of nitrogens with zero attached hydrogens (tertiary/aromatic N) is 4. The molecule has 1 unspecified atom stereocenters. The molecule has 2 aromatic heterocycles. The van der Waals surface area contributed by atoms with Crippen molar-refractivity contribution < 1.29 is 5.11 Å². The van der Waals surface area contributed by atoms with Gasteiger partial charge in [-0.15, -0.1) is 0 Å². The first-order valence-corrected chi connectivity index (χ1v) is 7.78. The molecule has 2 aromatic rings. The monoisotopic (exact) mass is 317 g/mol. The number of aromatic nitrogens is 4. The van der Waals surface area contributed by atoms with Gasteiger partial charge in [0.15, 0.2) is 0 Å². The lowest BCUT2D eigenvalue weighted by molar-refractivity contribution is -0.124. The first-order valence-electron chi connectivity index (χ1n) is 7.78. The van der Waals surface area contributed by atoms with Crippen molar-refractivity contribution in [1.82, 2.24) is 24.6 Å². The Morgan fingerprint density at radius 2 is 2.22 bits per heavy atom. The van der Waals surface area contributed by atoms with Crippen LogP contribution in [0.5, 0.6) is 0 Å². The van der Waals surface area contributed by atoms with E-state index in [9.17, 15) is 9.90 Å². The van der Waals surface area contributed by atoms with Gasteiger partial charge in [-0.3, -0.25) is 9.89 Å². The van der Waals surface area contributed by atoms with Gasteiger partial charge in [0.1, 0.15) is 5.69 Å². The summed E-state index contributed by atoms with van der Waals surface area (Å²) in [4.78, 5) is 18.5. The molecule has 0 aliphatic carbocycles. The number of nitrogens with one attached hydrogen (secondary N) is 1. The van der Waals surface area contributed by atoms with Crippen LogP contribution in [-0.4, -0.2) is 55.5 Å². The number of rotatable bonds is 3. The van der Waals surface area contributed by atoms with E-state index in [-0.39, 0.29) is 17.5 Å². The molecule has 1 atom stereocenters. The summed E-state index contributed by atoms with van der Waals surface area (Å²) in [5.74, 6) is 0. The summed E-state index contributed by atoms with van der Waals surface area (Å²) in [6.07, 6.45) is 5.24. The molecule has 0 bridgehead atoms. The Kier molecular flexibility index (Phi) is 3.85. The van der Waals surface area contributed by atoms with Crippen LogP contribution in [0.15, 0.2) is 29.5 Å². The molecule has 0 saturated carbocycles. The van der Waals surface area contributed by atoms with E-state index in [4.69, 9.17) is 0 Å². The van der Waals surface area contributed by atoms with Crippen LogP contribution in [0.4, 0.5) is 0 Å². The largest absolute Gasteiger partial charge is 0.387 e. The fourth-order valence-corrected chi connectivity index (χ4v) is 3.29. The maximum absolute atomic E-state index is 12.2. The van der Waals surface area contributed by atoms with Crippen LogP contribution in [0.2, 0.25) is 0 Å². The van der Waals surface area contributed by atoms with Gasteiger partial charge in [0, 0.05) is 30.9 Å². The highest BCUT2D eigenvalue weighted by Crippen LogP contribution is 2.39. The van der Waals surface area contributed by atoms with Crippen molar-refractivity contribution in [3.63, 3.8) is 0 Å². The number of hydrogen-bond acceptors (Lipinski definition) is 5. The normalized spacial score (nSPS) is 24.7. The first-order chi connectivity index (χ1) is 10.8. The Labute approximate surface area is 135 Å². The molecule has 0 radical (unpaired) electrons. The van der Waals surface area contributed by atoms with Crippen molar-refractivity contribution in [1.29, 1.82) is 0 Å². The molecule has 124 valence electrons. The maximum Gasteiger partial charge on any atom is 0.269 e. The molecule has 3 rings (SSSR count). The topological polar surface area (TPSA) is 87.0 Å². The van der Waals surface area contributed by atoms with Crippen LogP contribution >= 0.6 is 0 Å². The zero-order valence-electron chi connectivity index (χ0n) is 13.8. The van der Waals surface area contributed by atoms with Crippen molar-refractivity contribution in [2.24, 2.45) is 5.41 Å². The minimum atomic E-state index is -0.935. The van der Waals surface area contributed by atoms with Crippen molar-refractivity contribution in [2.75, 3.05) is 20.1 Å². The van der Waals surface area contributed by atoms with Gasteiger partial charge in [-0.1, -0.05) is 13.8 Å². The molecule has 1 aliphatic heterocycles. The van der Waals surface area contributed by atoms with E-state index in [2.05, 4.69) is 27.1 Å². The summed E-state index contributed by atoms with van der Waals surface area (Å²) >= 11 is 0. The summed E-state index contributed by atoms with van der Waals surface area (Å²) in [5, 5.41) is 17.9. The van der Waals surface area contributed by atoms with Crippen LogP contribution in [0.3, 0.4) is 0 Å². The Bertz CT molecular complexity index is 737. The van der Waals surface area contributed by atoms with Gasteiger partial charge in [0.05, 0.1) is 24.0 Å². The summed E-state index contributed by atoms with van der Waals surface area (Å²) < 4.78 is 1.55. The number of aromatic amines is 1. The van der Waals surface area contributed by atoms with Gasteiger partial charge in [0.2, 0.25) is 0 Å². The summed E-state index contributed by atoms with van der Waals surface area (Å²) in [6, 6.07) is 1.80. The molecule has 1 aliphatic rings. The van der Waals surface area contributed by atoms with Gasteiger partial charge in [-0.05, 0) is 19.5 Å². The van der Waals surface area contributed by atoms with Crippen molar-refractivity contribution in [2.45, 2.75) is 32.4 Å². The average molecular weight is 317 g/mol. The highest BCUT2D eigenvalue weighted by molar-refractivity contribution is 5.51. The first kappa shape index (κ1) is 15.9. The van der Waals surface area contributed by atoms with Gasteiger partial charge < -0.3 is 14.6 Å². The fourth-order valence-electron chi connectivity index (χ4n) is 3.29. The molecule has 0 aromatic carbocycles. The van der Waals surface area contributed by atoms with E-state index < -0.39 is 5.60 Å². The molecule has 0 spiro atoms. The predicted molar refractivity (Wildman–Crippen MR) is 86.9 cm³/mol. The van der Waals surface area contributed by atoms with E-state index in [1.54, 1.807) is 23.0 Å². The number of aliphatic hydroxyl groups is 1. The SMILES string of the molecule is CN1CCC(O)(Cn2cc(-c3ccn[nH]3)ncc2=O)C(C)(C)C1.